The fraction of sp³-hybridized carbons (Fsp3) is 0.333. The number of hydrogen-bond acceptors (Lipinski definition) is 2. The van der Waals surface area contributed by atoms with Gasteiger partial charge in [-0.05, 0) is 6.07 Å². The molecule has 0 spiro atoms. The van der Waals surface area contributed by atoms with Crippen molar-refractivity contribution in [3.05, 3.63) is 18.2 Å². The zero-order valence-corrected chi connectivity index (χ0v) is 7.57. The van der Waals surface area contributed by atoms with E-state index in [4.69, 9.17) is 0 Å². The van der Waals surface area contributed by atoms with Crippen LogP contribution in [0.4, 0.5) is 17.1 Å². The number of benzene rings is 1. The third-order valence-corrected chi connectivity index (χ3v) is 1.97. The minimum Gasteiger partial charge on any atom is -0.296 e. The van der Waals surface area contributed by atoms with E-state index < -0.39 is 0 Å². The van der Waals surface area contributed by atoms with E-state index in [1.54, 1.807) is 0 Å². The van der Waals surface area contributed by atoms with Crippen LogP contribution in [0, 0.1) is 0 Å². The van der Waals surface area contributed by atoms with Crippen molar-refractivity contribution in [2.45, 2.75) is 0 Å². The van der Waals surface area contributed by atoms with Gasteiger partial charge in [0.25, 0.3) is 0 Å². The molecular weight excluding hydrogens is 150 g/mol. The van der Waals surface area contributed by atoms with E-state index >= 15 is 0 Å². The molecule has 0 amide bonds. The van der Waals surface area contributed by atoms with E-state index in [2.05, 4.69) is 37.4 Å². The topological polar surface area (TPSA) is 24.7 Å². The first-order valence-corrected chi connectivity index (χ1v) is 3.96. The largest absolute Gasteiger partial charge is 0.296 e. The fourth-order valence-electron chi connectivity index (χ4n) is 1.30. The van der Waals surface area contributed by atoms with Gasteiger partial charge in [0.2, 0.25) is 0 Å². The Morgan fingerprint density at radius 2 is 1.83 bits per heavy atom. The summed E-state index contributed by atoms with van der Waals surface area (Å²) in [7, 11) is 6.39. The minimum absolute atomic E-state index is 0.794. The van der Waals surface area contributed by atoms with Gasteiger partial charge in [0.15, 0.2) is 11.4 Å². The third-order valence-electron chi connectivity index (χ3n) is 1.97. The predicted octanol–water partition coefficient (Wildman–Crippen LogP) is 2.61. The molecule has 0 atom stereocenters. The van der Waals surface area contributed by atoms with Crippen LogP contribution in [0.25, 0.3) is 0 Å². The molecule has 0 saturated heterocycles. The third kappa shape index (κ3) is 0.940. The number of rotatable bonds is 1. The zero-order chi connectivity index (χ0) is 8.77. The maximum atomic E-state index is 4.01. The molecule has 62 valence electrons. The quantitative estimate of drug-likeness (QED) is 0.576. The van der Waals surface area contributed by atoms with Gasteiger partial charge in [-0.25, -0.2) is 0 Å². The van der Waals surface area contributed by atoms with E-state index in [1.807, 2.05) is 12.1 Å². The summed E-state index contributed by atoms with van der Waals surface area (Å²) in [6, 6.07) is 6.11. The van der Waals surface area contributed by atoms with Crippen LogP contribution in [0.15, 0.2) is 28.4 Å². The molecule has 1 aromatic rings. The number of quaternary nitrogens is 1. The van der Waals surface area contributed by atoms with Crippen LogP contribution in [-0.2, 0) is 0 Å². The van der Waals surface area contributed by atoms with E-state index in [-0.39, 0.29) is 0 Å². The lowest BCUT2D eigenvalue weighted by atomic mass is 10.2. The van der Waals surface area contributed by atoms with Crippen LogP contribution < -0.4 is 4.48 Å². The second-order valence-electron chi connectivity index (χ2n) is 3.86. The smallest absolute Gasteiger partial charge is 0.174 e. The van der Waals surface area contributed by atoms with Crippen molar-refractivity contribution in [1.82, 2.24) is 4.48 Å². The van der Waals surface area contributed by atoms with Gasteiger partial charge in [0.05, 0.1) is 21.1 Å². The summed E-state index contributed by atoms with van der Waals surface area (Å²) in [6.45, 7) is 0. The lowest BCUT2D eigenvalue weighted by Crippen LogP contribution is -2.34. The summed E-state index contributed by atoms with van der Waals surface area (Å²) in [5.74, 6) is 0. The highest BCUT2D eigenvalue weighted by atomic mass is 15.3. The van der Waals surface area contributed by atoms with Gasteiger partial charge in [-0.3, -0.25) is 4.48 Å². The monoisotopic (exact) mass is 162 g/mol. The molecule has 12 heavy (non-hydrogen) atoms. The van der Waals surface area contributed by atoms with E-state index in [0.29, 0.717) is 0 Å². The van der Waals surface area contributed by atoms with Crippen LogP contribution in [0.2, 0.25) is 0 Å². The summed E-state index contributed by atoms with van der Waals surface area (Å²) < 4.78 is 0.794. The Kier molecular flexibility index (Phi) is 1.32. The highest BCUT2D eigenvalue weighted by Gasteiger charge is 2.23. The molecule has 1 aromatic carbocycles. The van der Waals surface area contributed by atoms with Gasteiger partial charge in [-0.1, -0.05) is 6.07 Å². The van der Waals surface area contributed by atoms with Crippen molar-refractivity contribution in [3.8, 4) is 0 Å². The normalized spacial score (nSPS) is 13.9. The second kappa shape index (κ2) is 2.14. The average Bonchev–Trinajstić information content (AvgIpc) is 1.88. The summed E-state index contributed by atoms with van der Waals surface area (Å²) in [5, 5.41) is 7.93. The zero-order valence-electron chi connectivity index (χ0n) is 7.57. The van der Waals surface area contributed by atoms with Gasteiger partial charge < -0.3 is 0 Å². The fourth-order valence-corrected chi connectivity index (χ4v) is 1.30. The van der Waals surface area contributed by atoms with Gasteiger partial charge in [0, 0.05) is 6.07 Å². The summed E-state index contributed by atoms with van der Waals surface area (Å²) in [6.07, 6.45) is 0. The van der Waals surface area contributed by atoms with Gasteiger partial charge in [0.1, 0.15) is 5.69 Å². The molecular formula is C9H12N3+. The highest BCUT2D eigenvalue weighted by Crippen LogP contribution is 2.45. The van der Waals surface area contributed by atoms with E-state index in [1.165, 1.54) is 5.69 Å². The van der Waals surface area contributed by atoms with Crippen LogP contribution >= 0.6 is 0 Å². The Morgan fingerprint density at radius 1 is 1.08 bits per heavy atom. The molecule has 0 bridgehead atoms. The molecule has 2 rings (SSSR count). The van der Waals surface area contributed by atoms with Gasteiger partial charge >= 0.3 is 0 Å². The summed E-state index contributed by atoms with van der Waals surface area (Å²) in [4.78, 5) is 0. The van der Waals surface area contributed by atoms with Crippen molar-refractivity contribution in [3.63, 3.8) is 0 Å². The van der Waals surface area contributed by atoms with Crippen molar-refractivity contribution >= 4 is 17.1 Å². The Bertz CT molecular complexity index is 347. The number of fused-ring (bicyclic) bond motifs is 1. The van der Waals surface area contributed by atoms with Crippen LogP contribution in [0.1, 0.15) is 0 Å². The first-order valence-electron chi connectivity index (χ1n) is 3.96. The maximum Gasteiger partial charge on any atom is 0.174 e. The standard InChI is InChI=1S/C9H12N3/c1-12(2,3)8-6-4-5-7-9(8)11-10-7/h4-6H,1-3H3/q+1. The van der Waals surface area contributed by atoms with Crippen molar-refractivity contribution in [2.24, 2.45) is 10.2 Å². The summed E-state index contributed by atoms with van der Waals surface area (Å²) in [5.41, 5.74) is 3.29. The molecule has 1 aliphatic heterocycles. The molecule has 1 heterocycles. The average molecular weight is 162 g/mol. The number of azo groups is 1. The first-order chi connectivity index (χ1) is 5.59. The van der Waals surface area contributed by atoms with Crippen molar-refractivity contribution in [1.29, 1.82) is 0 Å². The van der Waals surface area contributed by atoms with E-state index in [9.17, 15) is 0 Å². The van der Waals surface area contributed by atoms with Crippen LogP contribution in [-0.4, -0.2) is 21.1 Å². The van der Waals surface area contributed by atoms with Crippen LogP contribution in [0.3, 0.4) is 0 Å². The van der Waals surface area contributed by atoms with Crippen molar-refractivity contribution in [2.75, 3.05) is 21.1 Å². The Balaban J connectivity index is 2.56. The Hall–Kier alpha value is -1.22. The predicted molar refractivity (Wildman–Crippen MR) is 50.2 cm³/mol. The molecule has 1 aliphatic rings. The molecule has 0 radical (unpaired) electrons. The Morgan fingerprint density at radius 3 is 2.25 bits per heavy atom. The lowest BCUT2D eigenvalue weighted by Gasteiger charge is -2.26. The number of nitrogens with zero attached hydrogens (tertiary/aromatic N) is 3. The van der Waals surface area contributed by atoms with Gasteiger partial charge in [-0.2, -0.15) is 0 Å². The van der Waals surface area contributed by atoms with Crippen LogP contribution in [0.5, 0.6) is 0 Å². The molecule has 0 aromatic heterocycles. The molecule has 3 heteroatoms. The van der Waals surface area contributed by atoms with Gasteiger partial charge in [-0.15, -0.1) is 10.2 Å². The SMILES string of the molecule is C[N+](C)(C)c1cccc2c1N=N2. The molecule has 0 N–H and O–H groups in total. The lowest BCUT2D eigenvalue weighted by molar-refractivity contribution is 0.486. The highest BCUT2D eigenvalue weighted by molar-refractivity contribution is 5.79. The molecule has 0 fully saturated rings. The molecule has 3 nitrogen and oxygen atoms in total. The second-order valence-corrected chi connectivity index (χ2v) is 3.86. The summed E-state index contributed by atoms with van der Waals surface area (Å²) >= 11 is 0. The maximum absolute atomic E-state index is 4.01. The number of hydrogen-bond donors (Lipinski definition) is 0. The Labute approximate surface area is 71.9 Å². The van der Waals surface area contributed by atoms with E-state index in [0.717, 1.165) is 15.9 Å². The first kappa shape index (κ1) is 7.43. The molecule has 0 unspecified atom stereocenters. The minimum atomic E-state index is 0.794. The molecule has 0 saturated carbocycles. The van der Waals surface area contributed by atoms with Crippen molar-refractivity contribution < 1.29 is 0 Å². The molecule has 0 aliphatic carbocycles.